The molecule has 0 saturated carbocycles. The van der Waals surface area contributed by atoms with Crippen LogP contribution in [0, 0.1) is 0 Å². The number of fused-ring (bicyclic) bond motifs is 13. The van der Waals surface area contributed by atoms with Crippen LogP contribution in [-0.4, -0.2) is 42.9 Å². The van der Waals surface area contributed by atoms with Crippen molar-refractivity contribution in [1.82, 2.24) is 42.9 Å². The third-order valence-corrected chi connectivity index (χ3v) is 17.5. The summed E-state index contributed by atoms with van der Waals surface area (Å²) in [5.41, 5.74) is 10.2. The van der Waals surface area contributed by atoms with E-state index in [-0.39, 0.29) is 0 Å². The number of furan rings is 1. The van der Waals surface area contributed by atoms with Crippen LogP contribution in [-0.2, 0) is 0 Å². The van der Waals surface area contributed by atoms with Gasteiger partial charge in [0.1, 0.15) is 11.2 Å². The van der Waals surface area contributed by atoms with Crippen molar-refractivity contribution in [2.24, 2.45) is 0 Å². The summed E-state index contributed by atoms with van der Waals surface area (Å²) in [5.74, 6) is 2.78. The van der Waals surface area contributed by atoms with Gasteiger partial charge in [0.25, 0.3) is 0 Å². The summed E-state index contributed by atoms with van der Waals surface area (Å²) in [4.78, 5) is 31.3. The van der Waals surface area contributed by atoms with E-state index in [1.165, 1.54) is 9.79 Å². The summed E-state index contributed by atoms with van der Waals surface area (Å²) in [6.07, 6.45) is 0. The van der Waals surface area contributed by atoms with E-state index >= 15 is 0 Å². The lowest BCUT2D eigenvalue weighted by molar-refractivity contribution is 0.659. The Morgan fingerprint density at radius 1 is 0.343 bits per heavy atom. The van der Waals surface area contributed by atoms with Crippen molar-refractivity contribution in [2.75, 3.05) is 0 Å². The SMILES string of the molecule is c1ccc(S(c2ccccc2)(c2ccc(-c3nc(-n4c5ccccc5n5c6ccccc6nc45)nc(-n4c5ccccc5n5c6ccccc6nc45)n3)cc2)c2cccc3c2oc2ccccc23)cc1. The predicted molar refractivity (Wildman–Crippen MR) is 279 cm³/mol. The summed E-state index contributed by atoms with van der Waals surface area (Å²) in [7, 11) is -2.17. The molecule has 0 saturated heterocycles. The first kappa shape index (κ1) is 38.8. The van der Waals surface area contributed by atoms with Gasteiger partial charge in [-0.25, -0.2) is 19.1 Å². The van der Waals surface area contributed by atoms with Crippen molar-refractivity contribution in [3.05, 3.63) is 224 Å². The maximum absolute atomic E-state index is 6.88. The van der Waals surface area contributed by atoms with E-state index in [9.17, 15) is 0 Å². The molecule has 0 spiro atoms. The van der Waals surface area contributed by atoms with Gasteiger partial charge in [-0.1, -0.05) is 127 Å². The Kier molecular flexibility index (Phi) is 8.21. The minimum Gasteiger partial charge on any atom is -0.455 e. The number of imidazole rings is 4. The summed E-state index contributed by atoms with van der Waals surface area (Å²) >= 11 is 0. The molecule has 0 N–H and O–H groups in total. The van der Waals surface area contributed by atoms with Crippen molar-refractivity contribution in [3.8, 4) is 23.3 Å². The molecule has 11 heteroatoms. The highest BCUT2D eigenvalue weighted by atomic mass is 32.3. The monoisotopic (exact) mass is 919 g/mol. The molecule has 0 bridgehead atoms. The van der Waals surface area contributed by atoms with Crippen molar-refractivity contribution >= 4 is 87.7 Å². The van der Waals surface area contributed by atoms with E-state index in [1.54, 1.807) is 0 Å². The second-order valence-electron chi connectivity index (χ2n) is 17.4. The van der Waals surface area contributed by atoms with Gasteiger partial charge in [-0.15, -0.1) is 10.0 Å². The van der Waals surface area contributed by atoms with Gasteiger partial charge < -0.3 is 4.42 Å². The average molecular weight is 920 g/mol. The highest BCUT2D eigenvalue weighted by Gasteiger charge is 2.36. The normalized spacial score (nSPS) is 12.5. The highest BCUT2D eigenvalue weighted by Crippen LogP contribution is 2.74. The molecule has 330 valence electrons. The fraction of sp³-hybridized carbons (Fsp3) is 0. The second kappa shape index (κ2) is 14.8. The average Bonchev–Trinajstić information content (AvgIpc) is 4.24. The summed E-state index contributed by atoms with van der Waals surface area (Å²) in [5, 5.41) is 2.19. The van der Waals surface area contributed by atoms with Gasteiger partial charge in [0.05, 0.1) is 44.1 Å². The maximum atomic E-state index is 6.88. The van der Waals surface area contributed by atoms with Crippen LogP contribution in [0.4, 0.5) is 0 Å². The molecule has 15 rings (SSSR count). The first-order valence-corrected chi connectivity index (χ1v) is 24.8. The van der Waals surface area contributed by atoms with E-state index in [4.69, 9.17) is 29.3 Å². The lowest BCUT2D eigenvalue weighted by atomic mass is 10.1. The van der Waals surface area contributed by atoms with E-state index in [0.717, 1.165) is 81.4 Å². The van der Waals surface area contributed by atoms with Crippen molar-refractivity contribution in [2.45, 2.75) is 19.6 Å². The fourth-order valence-electron chi connectivity index (χ4n) is 10.6. The second-order valence-corrected chi connectivity index (χ2v) is 20.5. The van der Waals surface area contributed by atoms with Crippen molar-refractivity contribution in [1.29, 1.82) is 0 Å². The van der Waals surface area contributed by atoms with Gasteiger partial charge in [0.2, 0.25) is 23.5 Å². The maximum Gasteiger partial charge on any atom is 0.242 e. The molecule has 6 heterocycles. The molecule has 0 aliphatic carbocycles. The number of hydrogen-bond donors (Lipinski definition) is 0. The van der Waals surface area contributed by atoms with Crippen LogP contribution in [0.1, 0.15) is 0 Å². The van der Waals surface area contributed by atoms with Gasteiger partial charge >= 0.3 is 0 Å². The molecule has 0 radical (unpaired) electrons. The topological polar surface area (TPSA) is 96.3 Å². The van der Waals surface area contributed by atoms with Crippen LogP contribution in [0.5, 0.6) is 0 Å². The van der Waals surface area contributed by atoms with Crippen LogP contribution >= 0.6 is 10.0 Å². The molecule has 15 aromatic rings. The highest BCUT2D eigenvalue weighted by molar-refractivity contribution is 8.34. The zero-order valence-electron chi connectivity index (χ0n) is 37.2. The summed E-state index contributed by atoms with van der Waals surface area (Å²) in [6.45, 7) is 0. The standard InChI is InChI=1S/C59H37N9OS/c1-3-18-39(19-4-1)70(40-20-5-2-6-21-40,53-33-17-23-43-42-22-7-16-32-52(42)69-54(43)53)41-36-34-38(35-37-41)55-62-56(67-50-30-14-12-28-48(50)65-46-26-10-8-24-44(46)60-58(65)67)64-57(63-55)68-51-31-15-13-29-49(51)66-47-27-11-9-25-45(47)61-59(66)68/h1-37H. The third-order valence-electron chi connectivity index (χ3n) is 13.6. The Bertz CT molecular complexity index is 4340. The molecule has 9 aromatic carbocycles. The fourth-order valence-corrected chi connectivity index (χ4v) is 14.6. The van der Waals surface area contributed by atoms with E-state index < -0.39 is 10.0 Å². The van der Waals surface area contributed by atoms with Gasteiger partial charge in [-0.3, -0.25) is 8.80 Å². The lowest BCUT2D eigenvalue weighted by Crippen LogP contribution is -2.11. The number of rotatable bonds is 7. The largest absolute Gasteiger partial charge is 0.455 e. The van der Waals surface area contributed by atoms with Gasteiger partial charge in [-0.2, -0.15) is 15.0 Å². The molecule has 10 nitrogen and oxygen atoms in total. The minimum atomic E-state index is -2.17. The van der Waals surface area contributed by atoms with Crippen LogP contribution in [0.2, 0.25) is 0 Å². The number of para-hydroxylation sites is 10. The van der Waals surface area contributed by atoms with E-state index in [1.807, 2.05) is 54.6 Å². The molecule has 70 heavy (non-hydrogen) atoms. The van der Waals surface area contributed by atoms with Crippen molar-refractivity contribution in [3.63, 3.8) is 0 Å². The number of nitrogens with zero attached hydrogens (tertiary/aromatic N) is 9. The number of benzene rings is 9. The Balaban J connectivity index is 1.00. The quantitative estimate of drug-likeness (QED) is 0.158. The first-order valence-electron chi connectivity index (χ1n) is 23.2. The molecule has 0 unspecified atom stereocenters. The van der Waals surface area contributed by atoms with Gasteiger partial charge in [0.15, 0.2) is 5.82 Å². The molecular formula is C59H37N9OS. The molecule has 0 amide bonds. The Labute approximate surface area is 400 Å². The molecule has 0 fully saturated rings. The Hall–Kier alpha value is -9.32. The molecule has 0 atom stereocenters. The van der Waals surface area contributed by atoms with Gasteiger partial charge in [0, 0.05) is 35.9 Å². The lowest BCUT2D eigenvalue weighted by Gasteiger charge is -2.41. The van der Waals surface area contributed by atoms with Crippen molar-refractivity contribution < 1.29 is 4.42 Å². The van der Waals surface area contributed by atoms with E-state index in [0.29, 0.717) is 29.3 Å². The minimum absolute atomic E-state index is 0.433. The molecule has 6 aromatic heterocycles. The van der Waals surface area contributed by atoms with Crippen LogP contribution in [0.15, 0.2) is 248 Å². The molecule has 0 aliphatic rings. The third kappa shape index (κ3) is 5.43. The summed E-state index contributed by atoms with van der Waals surface area (Å²) < 4.78 is 15.4. The van der Waals surface area contributed by atoms with E-state index in [2.05, 4.69) is 188 Å². The zero-order valence-corrected chi connectivity index (χ0v) is 38.0. The number of aromatic nitrogens is 9. The summed E-state index contributed by atoms with van der Waals surface area (Å²) in [6, 6.07) is 78.5. The zero-order chi connectivity index (χ0) is 45.9. The van der Waals surface area contributed by atoms with Crippen LogP contribution in [0.3, 0.4) is 0 Å². The Morgan fingerprint density at radius 3 is 1.37 bits per heavy atom. The first-order chi connectivity index (χ1) is 34.7. The van der Waals surface area contributed by atoms with Crippen LogP contribution < -0.4 is 0 Å². The Morgan fingerprint density at radius 2 is 0.800 bits per heavy atom. The number of hydrogen-bond acceptors (Lipinski definition) is 6. The smallest absolute Gasteiger partial charge is 0.242 e. The predicted octanol–water partition coefficient (Wildman–Crippen LogP) is 14.3. The molecular weight excluding hydrogens is 883 g/mol. The molecule has 0 aliphatic heterocycles. The van der Waals surface area contributed by atoms with Crippen LogP contribution in [0.25, 0.3) is 101 Å². The van der Waals surface area contributed by atoms with Gasteiger partial charge in [-0.05, 0) is 97.1 Å².